The lowest BCUT2D eigenvalue weighted by molar-refractivity contribution is -0.116. The molecule has 4 rings (SSSR count). The van der Waals surface area contributed by atoms with Crippen LogP contribution in [0.1, 0.15) is 5.76 Å². The standard InChI is InChI=1S/C17H18N4O5/c1-11-8-15(19-26-11)18-16(22)10-20-4-5-21(17(20)23)12-2-3-13-14(9-12)25-7-6-24-13/h2-3,8-9H,4-7,10H2,1H3,(H,18,19,22). The third kappa shape index (κ3) is 3.15. The number of hydrogen-bond donors (Lipinski definition) is 1. The van der Waals surface area contributed by atoms with Gasteiger partial charge in [-0.3, -0.25) is 9.69 Å². The number of carbonyl (C=O) groups excluding carboxylic acids is 2. The van der Waals surface area contributed by atoms with E-state index in [2.05, 4.69) is 10.5 Å². The number of benzene rings is 1. The first-order valence-electron chi connectivity index (χ1n) is 8.29. The number of carbonyl (C=O) groups is 2. The van der Waals surface area contributed by atoms with Gasteiger partial charge in [-0.2, -0.15) is 0 Å². The molecule has 9 nitrogen and oxygen atoms in total. The summed E-state index contributed by atoms with van der Waals surface area (Å²) in [5.41, 5.74) is 0.717. The Labute approximate surface area is 149 Å². The lowest BCUT2D eigenvalue weighted by Crippen LogP contribution is -2.37. The first kappa shape index (κ1) is 16.2. The molecule has 9 heteroatoms. The Hall–Kier alpha value is -3.23. The Morgan fingerprint density at radius 1 is 1.19 bits per heavy atom. The van der Waals surface area contributed by atoms with Gasteiger partial charge in [0.15, 0.2) is 17.3 Å². The largest absolute Gasteiger partial charge is 0.486 e. The second-order valence-corrected chi connectivity index (χ2v) is 6.05. The molecule has 1 saturated heterocycles. The highest BCUT2D eigenvalue weighted by Gasteiger charge is 2.31. The highest BCUT2D eigenvalue weighted by molar-refractivity contribution is 5.99. The fourth-order valence-electron chi connectivity index (χ4n) is 2.95. The zero-order chi connectivity index (χ0) is 18.1. The molecule has 1 N–H and O–H groups in total. The zero-order valence-corrected chi connectivity index (χ0v) is 14.2. The van der Waals surface area contributed by atoms with Crippen LogP contribution in [0.3, 0.4) is 0 Å². The van der Waals surface area contributed by atoms with Crippen LogP contribution in [0, 0.1) is 6.92 Å². The maximum Gasteiger partial charge on any atom is 0.325 e. The van der Waals surface area contributed by atoms with Crippen molar-refractivity contribution in [1.82, 2.24) is 10.1 Å². The summed E-state index contributed by atoms with van der Waals surface area (Å²) in [6.07, 6.45) is 0. The van der Waals surface area contributed by atoms with E-state index in [1.807, 2.05) is 6.07 Å². The highest BCUT2D eigenvalue weighted by Crippen LogP contribution is 2.34. The van der Waals surface area contributed by atoms with Crippen molar-refractivity contribution in [1.29, 1.82) is 0 Å². The molecule has 2 aliphatic rings. The van der Waals surface area contributed by atoms with Crippen molar-refractivity contribution in [2.75, 3.05) is 43.1 Å². The molecule has 26 heavy (non-hydrogen) atoms. The van der Waals surface area contributed by atoms with Crippen LogP contribution < -0.4 is 19.7 Å². The van der Waals surface area contributed by atoms with Gasteiger partial charge in [0.1, 0.15) is 25.5 Å². The second kappa shape index (κ2) is 6.58. The molecule has 2 aliphatic heterocycles. The Morgan fingerprint density at radius 2 is 2.00 bits per heavy atom. The van der Waals surface area contributed by atoms with E-state index in [0.717, 1.165) is 0 Å². The fraction of sp³-hybridized carbons (Fsp3) is 0.353. The van der Waals surface area contributed by atoms with E-state index >= 15 is 0 Å². The lowest BCUT2D eigenvalue weighted by atomic mass is 10.2. The second-order valence-electron chi connectivity index (χ2n) is 6.05. The molecule has 1 fully saturated rings. The van der Waals surface area contributed by atoms with Gasteiger partial charge in [0.25, 0.3) is 0 Å². The molecule has 0 unspecified atom stereocenters. The summed E-state index contributed by atoms with van der Waals surface area (Å²) >= 11 is 0. The van der Waals surface area contributed by atoms with E-state index in [-0.39, 0.29) is 18.5 Å². The first-order chi connectivity index (χ1) is 12.6. The van der Waals surface area contributed by atoms with E-state index in [1.165, 1.54) is 4.90 Å². The van der Waals surface area contributed by atoms with Gasteiger partial charge in [-0.15, -0.1) is 0 Å². The predicted molar refractivity (Wildman–Crippen MR) is 91.6 cm³/mol. The Morgan fingerprint density at radius 3 is 2.77 bits per heavy atom. The third-order valence-electron chi connectivity index (χ3n) is 4.16. The van der Waals surface area contributed by atoms with Crippen LogP contribution >= 0.6 is 0 Å². The maximum atomic E-state index is 12.6. The number of urea groups is 1. The van der Waals surface area contributed by atoms with Crippen molar-refractivity contribution in [2.45, 2.75) is 6.92 Å². The summed E-state index contributed by atoms with van der Waals surface area (Å²) in [4.78, 5) is 27.9. The summed E-state index contributed by atoms with van der Waals surface area (Å²) in [6.45, 7) is 3.64. The molecule has 0 atom stereocenters. The number of nitrogens with one attached hydrogen (secondary N) is 1. The van der Waals surface area contributed by atoms with Gasteiger partial charge >= 0.3 is 6.03 Å². The number of nitrogens with zero attached hydrogens (tertiary/aromatic N) is 3. The van der Waals surface area contributed by atoms with Crippen LogP contribution in [0.4, 0.5) is 16.3 Å². The summed E-state index contributed by atoms with van der Waals surface area (Å²) in [5, 5.41) is 6.32. The van der Waals surface area contributed by atoms with E-state index in [4.69, 9.17) is 14.0 Å². The number of rotatable bonds is 4. The van der Waals surface area contributed by atoms with Gasteiger partial charge in [-0.1, -0.05) is 5.16 Å². The van der Waals surface area contributed by atoms with Gasteiger partial charge in [-0.25, -0.2) is 4.79 Å². The number of aryl methyl sites for hydroxylation is 1. The summed E-state index contributed by atoms with van der Waals surface area (Å²) in [7, 11) is 0. The van der Waals surface area contributed by atoms with Gasteiger partial charge < -0.3 is 24.2 Å². The predicted octanol–water partition coefficient (Wildman–Crippen LogP) is 1.63. The average Bonchev–Trinajstić information content (AvgIpc) is 3.20. The third-order valence-corrected chi connectivity index (χ3v) is 4.16. The summed E-state index contributed by atoms with van der Waals surface area (Å²) in [6, 6.07) is 6.78. The van der Waals surface area contributed by atoms with Crippen LogP contribution in [-0.4, -0.2) is 54.8 Å². The zero-order valence-electron chi connectivity index (χ0n) is 14.2. The van der Waals surface area contributed by atoms with Crippen molar-refractivity contribution in [2.24, 2.45) is 0 Å². The normalized spacial score (nSPS) is 16.1. The SMILES string of the molecule is Cc1cc(NC(=O)CN2CCN(c3ccc4c(c3)OCCO4)C2=O)no1. The topological polar surface area (TPSA) is 97.1 Å². The minimum absolute atomic E-state index is 0.0498. The smallest absolute Gasteiger partial charge is 0.325 e. The molecule has 0 saturated carbocycles. The molecule has 136 valence electrons. The molecule has 0 spiro atoms. The highest BCUT2D eigenvalue weighted by atomic mass is 16.6. The van der Waals surface area contributed by atoms with Gasteiger partial charge in [0, 0.05) is 30.9 Å². The van der Waals surface area contributed by atoms with Crippen LogP contribution in [0.15, 0.2) is 28.8 Å². The minimum atomic E-state index is -0.323. The minimum Gasteiger partial charge on any atom is -0.486 e. The first-order valence-corrected chi connectivity index (χ1v) is 8.29. The van der Waals surface area contributed by atoms with Crippen molar-refractivity contribution in [3.8, 4) is 11.5 Å². The van der Waals surface area contributed by atoms with E-state index in [1.54, 1.807) is 30.0 Å². The van der Waals surface area contributed by atoms with Crippen LogP contribution in [0.5, 0.6) is 11.5 Å². The number of ether oxygens (including phenoxy) is 2. The fourth-order valence-corrected chi connectivity index (χ4v) is 2.95. The van der Waals surface area contributed by atoms with Gasteiger partial charge in [-0.05, 0) is 19.1 Å². The number of aromatic nitrogens is 1. The maximum absolute atomic E-state index is 12.6. The molecule has 1 aromatic heterocycles. The molecule has 1 aromatic carbocycles. The molecule has 2 aromatic rings. The molecule has 3 amide bonds. The van der Waals surface area contributed by atoms with Crippen molar-refractivity contribution in [3.63, 3.8) is 0 Å². The Bertz CT molecular complexity index is 849. The number of hydrogen-bond acceptors (Lipinski definition) is 6. The number of amides is 3. The summed E-state index contributed by atoms with van der Waals surface area (Å²) < 4.78 is 16.0. The number of fused-ring (bicyclic) bond motifs is 1. The quantitative estimate of drug-likeness (QED) is 0.892. The molecule has 0 bridgehead atoms. The molecule has 3 heterocycles. The van der Waals surface area contributed by atoms with Crippen LogP contribution in [0.25, 0.3) is 0 Å². The monoisotopic (exact) mass is 358 g/mol. The Kier molecular flexibility index (Phi) is 4.11. The van der Waals surface area contributed by atoms with E-state index in [9.17, 15) is 9.59 Å². The van der Waals surface area contributed by atoms with Gasteiger partial charge in [0.05, 0.1) is 0 Å². The number of anilines is 2. The summed E-state index contributed by atoms with van der Waals surface area (Å²) in [5.74, 6) is 1.91. The lowest BCUT2D eigenvalue weighted by Gasteiger charge is -2.22. The Balaban J connectivity index is 1.40. The van der Waals surface area contributed by atoms with Crippen molar-refractivity contribution < 1.29 is 23.6 Å². The molecular weight excluding hydrogens is 340 g/mol. The van der Waals surface area contributed by atoms with Crippen molar-refractivity contribution >= 4 is 23.4 Å². The van der Waals surface area contributed by atoms with Gasteiger partial charge in [0.2, 0.25) is 5.91 Å². The molecular formula is C17H18N4O5. The molecule has 0 aliphatic carbocycles. The average molecular weight is 358 g/mol. The van der Waals surface area contributed by atoms with Crippen LogP contribution in [-0.2, 0) is 4.79 Å². The van der Waals surface area contributed by atoms with E-state index in [0.29, 0.717) is 55.1 Å². The van der Waals surface area contributed by atoms with Crippen molar-refractivity contribution in [3.05, 3.63) is 30.0 Å². The van der Waals surface area contributed by atoms with E-state index < -0.39 is 0 Å². The van der Waals surface area contributed by atoms with Crippen LogP contribution in [0.2, 0.25) is 0 Å². The molecule has 0 radical (unpaired) electrons.